The minimum atomic E-state index is -0.0929. The van der Waals surface area contributed by atoms with Gasteiger partial charge in [-0.3, -0.25) is 9.69 Å². The lowest BCUT2D eigenvalue weighted by Gasteiger charge is -2.15. The van der Waals surface area contributed by atoms with Crippen LogP contribution in [-0.2, 0) is 11.3 Å². The van der Waals surface area contributed by atoms with Crippen LogP contribution in [0.1, 0.15) is 5.56 Å². The lowest BCUT2D eigenvalue weighted by atomic mass is 10.1. The van der Waals surface area contributed by atoms with Crippen LogP contribution in [-0.4, -0.2) is 15.6 Å². The molecule has 1 fully saturated rings. The summed E-state index contributed by atoms with van der Waals surface area (Å²) in [5, 5.41) is 1.69. The maximum Gasteiger partial charge on any atom is 0.271 e. The number of hydrogen-bond acceptors (Lipinski definition) is 3. The lowest BCUT2D eigenvalue weighted by Crippen LogP contribution is -2.28. The third kappa shape index (κ3) is 3.73. The molecule has 4 aromatic rings. The summed E-state index contributed by atoms with van der Waals surface area (Å²) in [6.45, 7) is 0.474. The highest BCUT2D eigenvalue weighted by atomic mass is 32.2. The van der Waals surface area contributed by atoms with Crippen molar-refractivity contribution in [1.82, 2.24) is 4.57 Å². The molecule has 2 heterocycles. The average Bonchev–Trinajstić information content (AvgIpc) is 3.33. The van der Waals surface area contributed by atoms with Crippen molar-refractivity contribution in [3.05, 3.63) is 102 Å². The highest BCUT2D eigenvalue weighted by molar-refractivity contribution is 8.19. The zero-order valence-corrected chi connectivity index (χ0v) is 18.0. The Kier molecular flexibility index (Phi) is 5.37. The third-order valence-electron chi connectivity index (χ3n) is 5.17. The van der Waals surface area contributed by atoms with Crippen molar-refractivity contribution in [2.24, 2.45) is 4.99 Å². The number of terminal acetylenes is 1. The molecule has 0 spiro atoms. The van der Waals surface area contributed by atoms with Crippen LogP contribution in [0.3, 0.4) is 0 Å². The van der Waals surface area contributed by atoms with Crippen molar-refractivity contribution in [3.63, 3.8) is 0 Å². The fourth-order valence-electron chi connectivity index (χ4n) is 3.73. The van der Waals surface area contributed by atoms with Crippen LogP contribution in [0.5, 0.6) is 0 Å². The molecule has 0 atom stereocenters. The van der Waals surface area contributed by atoms with E-state index < -0.39 is 0 Å². The number of aromatic nitrogens is 1. The van der Waals surface area contributed by atoms with Crippen LogP contribution in [0.2, 0.25) is 0 Å². The largest absolute Gasteiger partial charge is 0.335 e. The number of benzene rings is 3. The van der Waals surface area contributed by atoms with Crippen LogP contribution >= 0.6 is 11.8 Å². The van der Waals surface area contributed by atoms with Crippen molar-refractivity contribution in [2.45, 2.75) is 6.54 Å². The second-order valence-electron chi connectivity index (χ2n) is 7.25. The summed E-state index contributed by atoms with van der Waals surface area (Å²) < 4.78 is 2.03. The summed E-state index contributed by atoms with van der Waals surface area (Å²) in [7, 11) is 0. The standard InChI is InChI=1S/C27H19N3OS/c1-2-17-29-19-20(23-15-9-10-16-24(23)29)18-25-26(31)30(22-13-7-4-8-14-22)27(32-25)28-21-11-5-3-6-12-21/h1,3-16,18-19H,17H2/b25-18-,28-27?. The van der Waals surface area contributed by atoms with Crippen molar-refractivity contribution < 1.29 is 4.79 Å². The number of nitrogens with zero attached hydrogens (tertiary/aromatic N) is 3. The number of amidine groups is 1. The van der Waals surface area contributed by atoms with E-state index in [1.165, 1.54) is 11.8 Å². The second-order valence-corrected chi connectivity index (χ2v) is 8.26. The quantitative estimate of drug-likeness (QED) is 0.289. The first-order valence-corrected chi connectivity index (χ1v) is 11.0. The maximum atomic E-state index is 13.5. The number of anilines is 1. The number of carbonyl (C=O) groups is 1. The maximum absolute atomic E-state index is 13.5. The van der Waals surface area contributed by atoms with E-state index in [1.807, 2.05) is 102 Å². The summed E-state index contributed by atoms with van der Waals surface area (Å²) in [6, 6.07) is 27.3. The fourth-order valence-corrected chi connectivity index (χ4v) is 4.72. The summed E-state index contributed by atoms with van der Waals surface area (Å²) in [4.78, 5) is 20.6. The molecule has 3 aromatic carbocycles. The molecule has 5 rings (SSSR count). The van der Waals surface area contributed by atoms with Gasteiger partial charge >= 0.3 is 0 Å². The van der Waals surface area contributed by atoms with E-state index in [2.05, 4.69) is 5.92 Å². The van der Waals surface area contributed by atoms with Gasteiger partial charge < -0.3 is 4.57 Å². The van der Waals surface area contributed by atoms with Crippen LogP contribution in [0.15, 0.2) is 101 Å². The van der Waals surface area contributed by atoms with Gasteiger partial charge in [-0.25, -0.2) is 4.99 Å². The molecule has 1 aliphatic heterocycles. The van der Waals surface area contributed by atoms with E-state index in [9.17, 15) is 4.79 Å². The molecular formula is C27H19N3OS. The van der Waals surface area contributed by atoms with Crippen molar-refractivity contribution in [1.29, 1.82) is 0 Å². The van der Waals surface area contributed by atoms with Crippen LogP contribution in [0.4, 0.5) is 11.4 Å². The topological polar surface area (TPSA) is 37.6 Å². The molecule has 0 bridgehead atoms. The Labute approximate surface area is 190 Å². The number of amides is 1. The van der Waals surface area contributed by atoms with Crippen molar-refractivity contribution in [2.75, 3.05) is 4.90 Å². The zero-order chi connectivity index (χ0) is 21.9. The highest BCUT2D eigenvalue weighted by Crippen LogP contribution is 2.38. The molecule has 1 amide bonds. The van der Waals surface area contributed by atoms with Gasteiger partial charge in [0, 0.05) is 22.7 Å². The third-order valence-corrected chi connectivity index (χ3v) is 6.14. The Morgan fingerprint density at radius 1 is 0.938 bits per heavy atom. The molecule has 32 heavy (non-hydrogen) atoms. The normalized spacial score (nSPS) is 16.2. The summed E-state index contributed by atoms with van der Waals surface area (Å²) in [5.41, 5.74) is 3.60. The average molecular weight is 434 g/mol. The smallest absolute Gasteiger partial charge is 0.271 e. The number of aliphatic imine (C=N–C) groups is 1. The Hall–Kier alpha value is -4.01. The molecule has 0 saturated carbocycles. The number of thioether (sulfide) groups is 1. The molecular weight excluding hydrogens is 414 g/mol. The van der Waals surface area contributed by atoms with Gasteiger partial charge in [-0.2, -0.15) is 0 Å². The van der Waals surface area contributed by atoms with E-state index in [4.69, 9.17) is 11.4 Å². The molecule has 5 heteroatoms. The van der Waals surface area contributed by atoms with Gasteiger partial charge in [0.1, 0.15) is 0 Å². The summed E-state index contributed by atoms with van der Waals surface area (Å²) in [5.74, 6) is 2.60. The van der Waals surface area contributed by atoms with Crippen molar-refractivity contribution in [3.8, 4) is 12.3 Å². The van der Waals surface area contributed by atoms with Crippen molar-refractivity contribution >= 4 is 51.2 Å². The van der Waals surface area contributed by atoms with Crippen LogP contribution in [0.25, 0.3) is 17.0 Å². The number of rotatable bonds is 4. The summed E-state index contributed by atoms with van der Waals surface area (Å²) >= 11 is 1.38. The SMILES string of the molecule is C#CCn1cc(/C=C2\SC(=Nc3ccccc3)N(c3ccccc3)C2=O)c2ccccc21. The molecule has 1 aromatic heterocycles. The van der Waals surface area contributed by atoms with Gasteiger partial charge in [-0.15, -0.1) is 6.42 Å². The first-order chi connectivity index (χ1) is 15.7. The van der Waals surface area contributed by atoms with Gasteiger partial charge in [0.05, 0.1) is 22.8 Å². The Balaban J connectivity index is 1.61. The second kappa shape index (κ2) is 8.62. The Morgan fingerprint density at radius 3 is 2.38 bits per heavy atom. The van der Waals surface area contributed by atoms with Crippen LogP contribution < -0.4 is 4.90 Å². The monoisotopic (exact) mass is 433 g/mol. The number of para-hydroxylation sites is 3. The molecule has 4 nitrogen and oxygen atoms in total. The predicted octanol–water partition coefficient (Wildman–Crippen LogP) is 6.08. The predicted molar refractivity (Wildman–Crippen MR) is 134 cm³/mol. The van der Waals surface area contributed by atoms with Gasteiger partial charge in [-0.1, -0.05) is 60.5 Å². The molecule has 154 valence electrons. The Bertz CT molecular complexity index is 1400. The lowest BCUT2D eigenvalue weighted by molar-refractivity contribution is -0.113. The highest BCUT2D eigenvalue weighted by Gasteiger charge is 2.34. The van der Waals surface area contributed by atoms with E-state index in [0.717, 1.165) is 27.8 Å². The van der Waals surface area contributed by atoms with Crippen LogP contribution in [0, 0.1) is 12.3 Å². The summed E-state index contributed by atoms with van der Waals surface area (Å²) in [6.07, 6.45) is 9.49. The van der Waals surface area contributed by atoms with E-state index in [1.54, 1.807) is 4.90 Å². The minimum Gasteiger partial charge on any atom is -0.335 e. The number of hydrogen-bond donors (Lipinski definition) is 0. The molecule has 0 N–H and O–H groups in total. The van der Waals surface area contributed by atoms with E-state index in [-0.39, 0.29) is 5.91 Å². The first-order valence-electron chi connectivity index (χ1n) is 10.2. The Morgan fingerprint density at radius 2 is 1.62 bits per heavy atom. The zero-order valence-electron chi connectivity index (χ0n) is 17.2. The first kappa shape index (κ1) is 19.9. The molecule has 0 unspecified atom stereocenters. The van der Waals surface area contributed by atoms with Gasteiger partial charge in [-0.05, 0) is 48.2 Å². The molecule has 0 radical (unpaired) electrons. The van der Waals surface area contributed by atoms with Gasteiger partial charge in [0.2, 0.25) is 0 Å². The fraction of sp³-hybridized carbons (Fsp3) is 0.0370. The van der Waals surface area contributed by atoms with E-state index >= 15 is 0 Å². The number of fused-ring (bicyclic) bond motifs is 1. The molecule has 1 aliphatic rings. The molecule has 1 saturated heterocycles. The van der Waals surface area contributed by atoms with Gasteiger partial charge in [0.25, 0.3) is 5.91 Å². The number of carbonyl (C=O) groups excluding carboxylic acids is 1. The van der Waals surface area contributed by atoms with Gasteiger partial charge in [0.15, 0.2) is 5.17 Å². The minimum absolute atomic E-state index is 0.0929. The molecule has 0 aliphatic carbocycles. The van der Waals surface area contributed by atoms with E-state index in [0.29, 0.717) is 16.6 Å².